The lowest BCUT2D eigenvalue weighted by atomic mass is 9.88. The standard InChI is InChI=1S/C16H16/c1-2-16(15-12-8-5-9-13-15)14-10-6-3-4-7-11-14/h3,5-13,16H,2H2,1H3. The molecule has 16 heavy (non-hydrogen) atoms. The second kappa shape index (κ2) is 5.34. The molecule has 0 nitrogen and oxygen atoms in total. The summed E-state index contributed by atoms with van der Waals surface area (Å²) in [6.07, 6.45) is 11.4. The van der Waals surface area contributed by atoms with Gasteiger partial charge in [0.15, 0.2) is 0 Å². The molecular weight excluding hydrogens is 192 g/mol. The van der Waals surface area contributed by atoms with Gasteiger partial charge < -0.3 is 0 Å². The fourth-order valence-electron chi connectivity index (χ4n) is 2.05. The second-order valence-corrected chi connectivity index (χ2v) is 3.90. The number of benzene rings is 1. The first-order valence-electron chi connectivity index (χ1n) is 5.76. The fraction of sp³-hybridized carbons (Fsp3) is 0.188. The smallest absolute Gasteiger partial charge is 0.00869 e. The third-order valence-corrected chi connectivity index (χ3v) is 2.87. The van der Waals surface area contributed by atoms with Gasteiger partial charge in [-0.15, -0.1) is 5.73 Å². The van der Waals surface area contributed by atoms with E-state index < -0.39 is 0 Å². The number of hydrogen-bond donors (Lipinski definition) is 0. The molecule has 1 unspecified atom stereocenters. The van der Waals surface area contributed by atoms with Crippen molar-refractivity contribution >= 4 is 0 Å². The van der Waals surface area contributed by atoms with Crippen molar-refractivity contribution in [2.75, 3.05) is 0 Å². The number of rotatable bonds is 3. The van der Waals surface area contributed by atoms with Crippen LogP contribution in [0.15, 0.2) is 72.0 Å². The predicted octanol–water partition coefficient (Wildman–Crippen LogP) is 4.39. The van der Waals surface area contributed by atoms with Gasteiger partial charge in [0.05, 0.1) is 0 Å². The van der Waals surface area contributed by atoms with Gasteiger partial charge in [0, 0.05) is 5.92 Å². The summed E-state index contributed by atoms with van der Waals surface area (Å²) in [6.45, 7) is 2.23. The molecule has 2 rings (SSSR count). The molecule has 1 aromatic carbocycles. The SMILES string of the molecule is CCC(C1=CC=C=CC=C1)c1ccccc1. The minimum atomic E-state index is 0.488. The molecule has 80 valence electrons. The molecule has 0 radical (unpaired) electrons. The highest BCUT2D eigenvalue weighted by molar-refractivity contribution is 5.39. The zero-order valence-corrected chi connectivity index (χ0v) is 9.56. The summed E-state index contributed by atoms with van der Waals surface area (Å²) in [5.74, 6) is 0.488. The maximum absolute atomic E-state index is 3.09. The average molecular weight is 208 g/mol. The van der Waals surface area contributed by atoms with E-state index in [0.717, 1.165) is 6.42 Å². The molecule has 0 spiro atoms. The zero-order valence-electron chi connectivity index (χ0n) is 9.56. The minimum Gasteiger partial charge on any atom is -0.121 e. The van der Waals surface area contributed by atoms with E-state index in [1.54, 1.807) is 0 Å². The fourth-order valence-corrected chi connectivity index (χ4v) is 2.05. The number of allylic oxidation sites excluding steroid dienone is 5. The van der Waals surface area contributed by atoms with Crippen LogP contribution in [-0.4, -0.2) is 0 Å². The van der Waals surface area contributed by atoms with Crippen LogP contribution in [0.25, 0.3) is 0 Å². The van der Waals surface area contributed by atoms with Crippen molar-refractivity contribution in [2.24, 2.45) is 0 Å². The van der Waals surface area contributed by atoms with Crippen molar-refractivity contribution in [1.82, 2.24) is 0 Å². The first-order valence-corrected chi connectivity index (χ1v) is 5.76. The van der Waals surface area contributed by atoms with Gasteiger partial charge in [0.1, 0.15) is 0 Å². The summed E-state index contributed by atoms with van der Waals surface area (Å²) in [5.41, 5.74) is 5.84. The van der Waals surface area contributed by atoms with Crippen molar-refractivity contribution in [2.45, 2.75) is 19.3 Å². The minimum absolute atomic E-state index is 0.488. The second-order valence-electron chi connectivity index (χ2n) is 3.90. The van der Waals surface area contributed by atoms with Crippen LogP contribution in [0.4, 0.5) is 0 Å². The summed E-state index contributed by atoms with van der Waals surface area (Å²) in [7, 11) is 0. The van der Waals surface area contributed by atoms with E-state index in [1.807, 2.05) is 12.2 Å². The Bertz CT molecular complexity index is 454. The molecule has 0 N–H and O–H groups in total. The topological polar surface area (TPSA) is 0 Å². The van der Waals surface area contributed by atoms with E-state index in [-0.39, 0.29) is 0 Å². The highest BCUT2D eigenvalue weighted by atomic mass is 14.2. The Balaban J connectivity index is 2.31. The highest BCUT2D eigenvalue weighted by Crippen LogP contribution is 2.28. The van der Waals surface area contributed by atoms with Crippen LogP contribution < -0.4 is 0 Å². The van der Waals surface area contributed by atoms with Crippen LogP contribution in [0.5, 0.6) is 0 Å². The van der Waals surface area contributed by atoms with Crippen molar-refractivity contribution in [1.29, 1.82) is 0 Å². The van der Waals surface area contributed by atoms with Gasteiger partial charge in [-0.25, -0.2) is 0 Å². The molecule has 0 bridgehead atoms. The first-order chi connectivity index (χ1) is 7.92. The van der Waals surface area contributed by atoms with Crippen LogP contribution in [0.2, 0.25) is 0 Å². The third-order valence-electron chi connectivity index (χ3n) is 2.87. The van der Waals surface area contributed by atoms with Gasteiger partial charge in [0.25, 0.3) is 0 Å². The van der Waals surface area contributed by atoms with E-state index in [9.17, 15) is 0 Å². The monoisotopic (exact) mass is 208 g/mol. The summed E-state index contributed by atoms with van der Waals surface area (Å²) < 4.78 is 0. The summed E-state index contributed by atoms with van der Waals surface area (Å²) in [4.78, 5) is 0. The molecule has 0 heterocycles. The quantitative estimate of drug-likeness (QED) is 0.646. The molecule has 0 aliphatic heterocycles. The van der Waals surface area contributed by atoms with Crippen LogP contribution in [0, 0.1) is 0 Å². The van der Waals surface area contributed by atoms with Gasteiger partial charge in [-0.05, 0) is 29.7 Å². The Labute approximate surface area is 97.3 Å². The maximum atomic E-state index is 3.09. The van der Waals surface area contributed by atoms with Crippen molar-refractivity contribution in [3.63, 3.8) is 0 Å². The summed E-state index contributed by atoms with van der Waals surface area (Å²) in [6, 6.07) is 10.7. The average Bonchev–Trinajstić information content (AvgIpc) is 2.61. The largest absolute Gasteiger partial charge is 0.121 e. The van der Waals surface area contributed by atoms with Crippen molar-refractivity contribution < 1.29 is 0 Å². The molecule has 1 aliphatic carbocycles. The van der Waals surface area contributed by atoms with Crippen LogP contribution in [0.1, 0.15) is 24.8 Å². The molecule has 1 aromatic rings. The van der Waals surface area contributed by atoms with Crippen molar-refractivity contribution in [3.05, 3.63) is 77.6 Å². The van der Waals surface area contributed by atoms with Crippen molar-refractivity contribution in [3.8, 4) is 0 Å². The van der Waals surface area contributed by atoms with Gasteiger partial charge in [-0.2, -0.15) is 0 Å². The van der Waals surface area contributed by atoms with E-state index in [4.69, 9.17) is 0 Å². The number of hydrogen-bond acceptors (Lipinski definition) is 0. The summed E-state index contributed by atoms with van der Waals surface area (Å²) in [5, 5.41) is 0. The van der Waals surface area contributed by atoms with E-state index in [2.05, 4.69) is 61.2 Å². The van der Waals surface area contributed by atoms with Crippen LogP contribution in [-0.2, 0) is 0 Å². The molecule has 0 aromatic heterocycles. The zero-order chi connectivity index (χ0) is 11.2. The van der Waals surface area contributed by atoms with Gasteiger partial charge >= 0.3 is 0 Å². The Morgan fingerprint density at radius 2 is 1.94 bits per heavy atom. The Morgan fingerprint density at radius 3 is 2.69 bits per heavy atom. The molecule has 0 saturated heterocycles. The Kier molecular flexibility index (Phi) is 3.58. The molecule has 0 fully saturated rings. The van der Waals surface area contributed by atoms with E-state index in [0.29, 0.717) is 5.92 Å². The van der Waals surface area contributed by atoms with Gasteiger partial charge in [0.2, 0.25) is 0 Å². The first kappa shape index (κ1) is 10.7. The highest BCUT2D eigenvalue weighted by Gasteiger charge is 2.11. The molecule has 0 heteroatoms. The van der Waals surface area contributed by atoms with E-state index >= 15 is 0 Å². The molecule has 1 atom stereocenters. The Morgan fingerprint density at radius 1 is 1.12 bits per heavy atom. The normalized spacial score (nSPS) is 15.7. The maximum Gasteiger partial charge on any atom is 0.00869 e. The van der Waals surface area contributed by atoms with Gasteiger partial charge in [-0.3, -0.25) is 0 Å². The van der Waals surface area contributed by atoms with Crippen LogP contribution in [0.3, 0.4) is 0 Å². The Hall–Kier alpha value is -1.78. The summed E-state index contributed by atoms with van der Waals surface area (Å²) >= 11 is 0. The molecule has 0 saturated carbocycles. The third kappa shape index (κ3) is 2.42. The lowest BCUT2D eigenvalue weighted by Gasteiger charge is -2.16. The van der Waals surface area contributed by atoms with E-state index in [1.165, 1.54) is 11.1 Å². The molecule has 0 amide bonds. The lowest BCUT2D eigenvalue weighted by molar-refractivity contribution is 0.776. The molecule has 1 aliphatic rings. The van der Waals surface area contributed by atoms with Gasteiger partial charge in [-0.1, -0.05) is 55.5 Å². The molecular formula is C16H16. The lowest BCUT2D eigenvalue weighted by Crippen LogP contribution is -1.99. The van der Waals surface area contributed by atoms with Crippen LogP contribution >= 0.6 is 0 Å². The predicted molar refractivity (Wildman–Crippen MR) is 69.4 cm³/mol.